The van der Waals surface area contributed by atoms with Crippen LogP contribution in [0, 0.1) is 0 Å². The van der Waals surface area contributed by atoms with Crippen LogP contribution in [0.4, 0.5) is 15.3 Å². The quantitative estimate of drug-likeness (QED) is 0.628. The van der Waals surface area contributed by atoms with E-state index in [0.717, 1.165) is 5.56 Å². The van der Waals surface area contributed by atoms with Crippen molar-refractivity contribution in [2.75, 3.05) is 19.4 Å². The number of carbonyl (C=O) groups is 2. The minimum absolute atomic E-state index is 0.264. The molecule has 1 aromatic rings. The zero-order valence-electron chi connectivity index (χ0n) is 9.83. The van der Waals surface area contributed by atoms with Gasteiger partial charge in [-0.1, -0.05) is 18.2 Å². The van der Waals surface area contributed by atoms with Crippen molar-refractivity contribution in [1.29, 1.82) is 0 Å². The third kappa shape index (κ3) is 4.02. The largest absolute Gasteiger partial charge is 0.341 e. The Kier molecular flexibility index (Phi) is 4.80. The summed E-state index contributed by atoms with van der Waals surface area (Å²) in [6.45, 7) is 0.347. The average molecular weight is 236 g/mol. The molecule has 0 unspecified atom stereocenters. The van der Waals surface area contributed by atoms with Crippen LogP contribution in [0.1, 0.15) is 5.56 Å². The maximum Gasteiger partial charge on any atom is 0.318 e. The van der Waals surface area contributed by atoms with E-state index in [9.17, 15) is 9.59 Å². The van der Waals surface area contributed by atoms with Crippen molar-refractivity contribution in [1.82, 2.24) is 16.0 Å². The molecule has 0 aliphatic carbocycles. The molecular weight excluding hydrogens is 220 g/mol. The topological polar surface area (TPSA) is 82.3 Å². The second kappa shape index (κ2) is 6.37. The summed E-state index contributed by atoms with van der Waals surface area (Å²) in [6, 6.07) is 6.71. The number of benzene rings is 1. The molecular formula is C11H16N4O2. The Balaban J connectivity index is 2.70. The van der Waals surface area contributed by atoms with Gasteiger partial charge in [0, 0.05) is 26.3 Å². The summed E-state index contributed by atoms with van der Waals surface area (Å²) in [5.41, 5.74) is 1.50. The lowest BCUT2D eigenvalue weighted by Crippen LogP contribution is -2.32. The summed E-state index contributed by atoms with van der Waals surface area (Å²) < 4.78 is 0. The van der Waals surface area contributed by atoms with Gasteiger partial charge in [0.05, 0.1) is 0 Å². The molecule has 0 bridgehead atoms. The number of anilines is 1. The molecule has 0 fully saturated rings. The molecule has 0 heterocycles. The van der Waals surface area contributed by atoms with Crippen LogP contribution in [0.5, 0.6) is 0 Å². The van der Waals surface area contributed by atoms with Gasteiger partial charge in [-0.3, -0.25) is 0 Å². The summed E-state index contributed by atoms with van der Waals surface area (Å²) in [4.78, 5) is 22.3. The van der Waals surface area contributed by atoms with E-state index in [1.54, 1.807) is 20.2 Å². The lowest BCUT2D eigenvalue weighted by molar-refractivity contribution is 0.242. The molecule has 6 nitrogen and oxygen atoms in total. The molecule has 0 aromatic heterocycles. The number of amides is 4. The van der Waals surface area contributed by atoms with Crippen LogP contribution in [-0.2, 0) is 6.54 Å². The van der Waals surface area contributed by atoms with Crippen LogP contribution in [0.2, 0.25) is 0 Å². The normalized spacial score (nSPS) is 9.29. The van der Waals surface area contributed by atoms with Gasteiger partial charge in [0.15, 0.2) is 0 Å². The smallest absolute Gasteiger partial charge is 0.318 e. The van der Waals surface area contributed by atoms with E-state index < -0.39 is 0 Å². The first-order valence-corrected chi connectivity index (χ1v) is 5.19. The molecule has 6 heteroatoms. The third-order valence-electron chi connectivity index (χ3n) is 2.16. The molecule has 1 rings (SSSR count). The highest BCUT2D eigenvalue weighted by Crippen LogP contribution is 2.14. The molecule has 0 spiro atoms. The summed E-state index contributed by atoms with van der Waals surface area (Å²) in [7, 11) is 3.09. The number of para-hydroxylation sites is 1. The molecule has 1 aromatic carbocycles. The Morgan fingerprint density at radius 3 is 2.35 bits per heavy atom. The van der Waals surface area contributed by atoms with Gasteiger partial charge in [0.2, 0.25) is 0 Å². The number of rotatable bonds is 3. The zero-order valence-corrected chi connectivity index (χ0v) is 9.83. The third-order valence-corrected chi connectivity index (χ3v) is 2.16. The lowest BCUT2D eigenvalue weighted by atomic mass is 10.2. The van der Waals surface area contributed by atoms with Gasteiger partial charge in [-0.2, -0.15) is 0 Å². The molecule has 0 radical (unpaired) electrons. The molecule has 0 aliphatic rings. The van der Waals surface area contributed by atoms with E-state index in [4.69, 9.17) is 0 Å². The fourth-order valence-electron chi connectivity index (χ4n) is 1.25. The first-order valence-electron chi connectivity index (χ1n) is 5.19. The first-order chi connectivity index (χ1) is 8.17. The fraction of sp³-hybridized carbons (Fsp3) is 0.273. The van der Waals surface area contributed by atoms with Crippen molar-refractivity contribution < 1.29 is 9.59 Å². The van der Waals surface area contributed by atoms with Crippen molar-refractivity contribution in [3.63, 3.8) is 0 Å². The molecule has 0 atom stereocenters. The van der Waals surface area contributed by atoms with Crippen molar-refractivity contribution in [3.8, 4) is 0 Å². The molecule has 0 saturated heterocycles. The monoisotopic (exact) mass is 236 g/mol. The highest BCUT2D eigenvalue weighted by Gasteiger charge is 2.05. The van der Waals surface area contributed by atoms with Crippen LogP contribution in [0.15, 0.2) is 24.3 Å². The van der Waals surface area contributed by atoms with E-state index in [1.165, 1.54) is 0 Å². The number of urea groups is 2. The summed E-state index contributed by atoms with van der Waals surface area (Å²) in [5.74, 6) is 0. The number of nitrogens with one attached hydrogen (secondary N) is 4. The standard InChI is InChI=1S/C11H16N4O2/c1-12-10(16)14-7-8-5-3-4-6-9(8)15-11(17)13-2/h3-6H,7H2,1-2H3,(H2,12,14,16)(H2,13,15,17). The molecule has 17 heavy (non-hydrogen) atoms. The van der Waals surface area contributed by atoms with Gasteiger partial charge in [-0.25, -0.2) is 9.59 Å². The number of carbonyl (C=O) groups excluding carboxylic acids is 2. The highest BCUT2D eigenvalue weighted by molar-refractivity contribution is 5.89. The van der Waals surface area contributed by atoms with E-state index in [0.29, 0.717) is 12.2 Å². The molecule has 4 amide bonds. The minimum atomic E-state index is -0.294. The van der Waals surface area contributed by atoms with Crippen LogP contribution in [0.25, 0.3) is 0 Å². The maximum atomic E-state index is 11.2. The minimum Gasteiger partial charge on any atom is -0.341 e. The lowest BCUT2D eigenvalue weighted by Gasteiger charge is -2.11. The Labute approximate surface area is 99.8 Å². The fourth-order valence-corrected chi connectivity index (χ4v) is 1.25. The van der Waals surface area contributed by atoms with E-state index in [-0.39, 0.29) is 12.1 Å². The molecule has 4 N–H and O–H groups in total. The van der Waals surface area contributed by atoms with Crippen molar-refractivity contribution in [3.05, 3.63) is 29.8 Å². The second-order valence-electron chi connectivity index (χ2n) is 3.29. The van der Waals surface area contributed by atoms with Gasteiger partial charge in [0.25, 0.3) is 0 Å². The first kappa shape index (κ1) is 12.8. The maximum absolute atomic E-state index is 11.2. The van der Waals surface area contributed by atoms with Gasteiger partial charge >= 0.3 is 12.1 Å². The zero-order chi connectivity index (χ0) is 12.7. The number of hydrogen-bond donors (Lipinski definition) is 4. The predicted molar refractivity (Wildman–Crippen MR) is 65.8 cm³/mol. The van der Waals surface area contributed by atoms with E-state index in [1.807, 2.05) is 18.2 Å². The summed E-state index contributed by atoms with van der Waals surface area (Å²) in [6.07, 6.45) is 0. The highest BCUT2D eigenvalue weighted by atomic mass is 16.2. The summed E-state index contributed by atoms with van der Waals surface area (Å²) >= 11 is 0. The second-order valence-corrected chi connectivity index (χ2v) is 3.29. The Bertz CT molecular complexity index is 406. The van der Waals surface area contributed by atoms with Crippen LogP contribution >= 0.6 is 0 Å². The van der Waals surface area contributed by atoms with E-state index >= 15 is 0 Å². The van der Waals surface area contributed by atoms with Gasteiger partial charge in [-0.15, -0.1) is 0 Å². The van der Waals surface area contributed by atoms with Crippen LogP contribution in [0.3, 0.4) is 0 Å². The Morgan fingerprint density at radius 2 is 1.71 bits per heavy atom. The van der Waals surface area contributed by atoms with Crippen molar-refractivity contribution in [2.24, 2.45) is 0 Å². The SMILES string of the molecule is CNC(=O)NCc1ccccc1NC(=O)NC. The number of hydrogen-bond acceptors (Lipinski definition) is 2. The van der Waals surface area contributed by atoms with E-state index in [2.05, 4.69) is 21.3 Å². The molecule has 92 valence electrons. The summed E-state index contributed by atoms with van der Waals surface area (Å²) in [5, 5.41) is 10.3. The van der Waals surface area contributed by atoms with Gasteiger partial charge < -0.3 is 21.3 Å². The average Bonchev–Trinajstić information content (AvgIpc) is 2.37. The van der Waals surface area contributed by atoms with Crippen molar-refractivity contribution >= 4 is 17.7 Å². The van der Waals surface area contributed by atoms with Gasteiger partial charge in [0.1, 0.15) is 0 Å². The Morgan fingerprint density at radius 1 is 1.06 bits per heavy atom. The van der Waals surface area contributed by atoms with Crippen molar-refractivity contribution in [2.45, 2.75) is 6.54 Å². The molecule has 0 saturated carbocycles. The van der Waals surface area contributed by atoms with Crippen LogP contribution in [-0.4, -0.2) is 26.2 Å². The molecule has 0 aliphatic heterocycles. The van der Waals surface area contributed by atoms with Crippen LogP contribution < -0.4 is 21.3 Å². The Hall–Kier alpha value is -2.24. The predicted octanol–water partition coefficient (Wildman–Crippen LogP) is 0.867. The van der Waals surface area contributed by atoms with Gasteiger partial charge in [-0.05, 0) is 11.6 Å².